The maximum absolute atomic E-state index is 12.3. The third kappa shape index (κ3) is 3.86. The number of aromatic hydroxyl groups is 1. The van der Waals surface area contributed by atoms with Crippen LogP contribution in [0.5, 0.6) is 5.75 Å². The first-order valence-electron chi connectivity index (χ1n) is 8.29. The van der Waals surface area contributed by atoms with E-state index in [-0.39, 0.29) is 18.1 Å². The minimum atomic E-state index is -0.183. The van der Waals surface area contributed by atoms with Gasteiger partial charge in [0.1, 0.15) is 5.75 Å². The van der Waals surface area contributed by atoms with Gasteiger partial charge in [0.2, 0.25) is 5.91 Å². The lowest BCUT2D eigenvalue weighted by Gasteiger charge is -2.08. The highest BCUT2D eigenvalue weighted by Gasteiger charge is 2.09. The largest absolute Gasteiger partial charge is 0.507 e. The zero-order valence-corrected chi connectivity index (χ0v) is 14.1. The second-order valence-electron chi connectivity index (χ2n) is 5.78. The van der Waals surface area contributed by atoms with Crippen LogP contribution in [-0.4, -0.2) is 16.7 Å². The second kappa shape index (κ2) is 7.62. The molecule has 0 saturated carbocycles. The first kappa shape index (κ1) is 16.7. The van der Waals surface area contributed by atoms with Gasteiger partial charge in [0.15, 0.2) is 0 Å². The third-order valence-electron chi connectivity index (χ3n) is 4.10. The summed E-state index contributed by atoms with van der Waals surface area (Å²) < 4.78 is 0. The third-order valence-corrected chi connectivity index (χ3v) is 4.10. The molecule has 0 aliphatic rings. The van der Waals surface area contributed by atoms with E-state index in [0.717, 1.165) is 16.3 Å². The van der Waals surface area contributed by atoms with E-state index in [1.54, 1.807) is 18.2 Å². The number of carbonyl (C=O) groups is 1. The van der Waals surface area contributed by atoms with E-state index in [1.807, 2.05) is 55.5 Å². The SMILES string of the molecule is CC/C(=N\NC(=O)Cc1cccc2ccccc12)c1ccccc1O. The fourth-order valence-electron chi connectivity index (χ4n) is 2.84. The quantitative estimate of drug-likeness (QED) is 0.547. The monoisotopic (exact) mass is 332 g/mol. The highest BCUT2D eigenvalue weighted by Crippen LogP contribution is 2.19. The Hall–Kier alpha value is -3.14. The molecule has 0 heterocycles. The Balaban J connectivity index is 1.77. The highest BCUT2D eigenvalue weighted by atomic mass is 16.3. The van der Waals surface area contributed by atoms with Gasteiger partial charge in [0.05, 0.1) is 12.1 Å². The molecule has 0 spiro atoms. The minimum absolute atomic E-state index is 0.159. The van der Waals surface area contributed by atoms with Gasteiger partial charge in [-0.3, -0.25) is 4.79 Å². The van der Waals surface area contributed by atoms with Crippen LogP contribution in [0.15, 0.2) is 71.8 Å². The summed E-state index contributed by atoms with van der Waals surface area (Å²) in [6.07, 6.45) is 0.856. The molecule has 4 heteroatoms. The summed E-state index contributed by atoms with van der Waals surface area (Å²) in [5, 5.41) is 16.3. The summed E-state index contributed by atoms with van der Waals surface area (Å²) in [4.78, 5) is 12.3. The molecule has 1 amide bonds. The average molecular weight is 332 g/mol. The lowest BCUT2D eigenvalue weighted by molar-refractivity contribution is -0.120. The zero-order chi connectivity index (χ0) is 17.6. The Morgan fingerprint density at radius 1 is 1.00 bits per heavy atom. The number of benzene rings is 3. The van der Waals surface area contributed by atoms with E-state index in [2.05, 4.69) is 10.5 Å². The predicted octanol–water partition coefficient (Wildman–Crippen LogP) is 4.02. The van der Waals surface area contributed by atoms with Crippen LogP contribution in [0.25, 0.3) is 10.8 Å². The van der Waals surface area contributed by atoms with Crippen LogP contribution < -0.4 is 5.43 Å². The molecular formula is C21H20N2O2. The Labute approximate surface area is 146 Å². The summed E-state index contributed by atoms with van der Waals surface area (Å²) in [6.45, 7) is 1.93. The molecule has 4 nitrogen and oxygen atoms in total. The van der Waals surface area contributed by atoms with Crippen LogP contribution in [0.4, 0.5) is 0 Å². The molecule has 3 aromatic rings. The first-order chi connectivity index (χ1) is 12.2. The minimum Gasteiger partial charge on any atom is -0.507 e. The molecule has 0 saturated heterocycles. The number of phenols is 1. The molecule has 0 aliphatic carbocycles. The van der Waals surface area contributed by atoms with E-state index < -0.39 is 0 Å². The lowest BCUT2D eigenvalue weighted by atomic mass is 10.0. The van der Waals surface area contributed by atoms with Crippen LogP contribution in [0.2, 0.25) is 0 Å². The number of hydrazone groups is 1. The summed E-state index contributed by atoms with van der Waals surface area (Å²) in [6, 6.07) is 20.9. The maximum Gasteiger partial charge on any atom is 0.244 e. The van der Waals surface area contributed by atoms with Gasteiger partial charge in [0.25, 0.3) is 0 Å². The standard InChI is InChI=1S/C21H20N2O2/c1-2-19(18-12-5-6-13-20(18)24)22-23-21(25)14-16-10-7-9-15-8-3-4-11-17(15)16/h3-13,24H,2,14H2,1H3,(H,23,25)/b22-19+. The molecule has 126 valence electrons. The molecule has 3 rings (SSSR count). The van der Waals surface area contributed by atoms with Gasteiger partial charge < -0.3 is 5.11 Å². The lowest BCUT2D eigenvalue weighted by Crippen LogP contribution is -2.22. The number of hydrogen-bond donors (Lipinski definition) is 2. The number of rotatable bonds is 5. The average Bonchev–Trinajstić information content (AvgIpc) is 2.64. The smallest absolute Gasteiger partial charge is 0.244 e. The molecular weight excluding hydrogens is 312 g/mol. The van der Waals surface area contributed by atoms with E-state index in [4.69, 9.17) is 0 Å². The number of nitrogens with zero attached hydrogens (tertiary/aromatic N) is 1. The van der Waals surface area contributed by atoms with Crippen molar-refractivity contribution in [3.63, 3.8) is 0 Å². The van der Waals surface area contributed by atoms with Crippen molar-refractivity contribution in [2.24, 2.45) is 5.10 Å². The van der Waals surface area contributed by atoms with Crippen molar-refractivity contribution < 1.29 is 9.90 Å². The molecule has 0 unspecified atom stereocenters. The number of amides is 1. The number of hydrogen-bond acceptors (Lipinski definition) is 3. The summed E-state index contributed by atoms with van der Waals surface area (Å²) >= 11 is 0. The van der Waals surface area contributed by atoms with E-state index in [1.165, 1.54) is 0 Å². The van der Waals surface area contributed by atoms with Crippen molar-refractivity contribution in [3.05, 3.63) is 77.9 Å². The molecule has 25 heavy (non-hydrogen) atoms. The fourth-order valence-corrected chi connectivity index (χ4v) is 2.84. The van der Waals surface area contributed by atoms with Gasteiger partial charge in [-0.05, 0) is 34.9 Å². The number of phenolic OH excluding ortho intramolecular Hbond substituents is 1. The fraction of sp³-hybridized carbons (Fsp3) is 0.143. The molecule has 3 aromatic carbocycles. The number of fused-ring (bicyclic) bond motifs is 1. The summed E-state index contributed by atoms with van der Waals surface area (Å²) in [5.74, 6) is -0.0240. The summed E-state index contributed by atoms with van der Waals surface area (Å²) in [7, 11) is 0. The first-order valence-corrected chi connectivity index (χ1v) is 8.29. The van der Waals surface area contributed by atoms with Gasteiger partial charge in [-0.1, -0.05) is 61.5 Å². The van der Waals surface area contributed by atoms with E-state index >= 15 is 0 Å². The van der Waals surface area contributed by atoms with Crippen LogP contribution in [0.3, 0.4) is 0 Å². The van der Waals surface area contributed by atoms with Crippen LogP contribution in [0, 0.1) is 0 Å². The Morgan fingerprint density at radius 3 is 2.52 bits per heavy atom. The summed E-state index contributed by atoms with van der Waals surface area (Å²) in [5.41, 5.74) is 4.85. The number of para-hydroxylation sites is 1. The molecule has 0 fully saturated rings. The van der Waals surface area contributed by atoms with Gasteiger partial charge >= 0.3 is 0 Å². The molecule has 0 aromatic heterocycles. The van der Waals surface area contributed by atoms with Crippen molar-refractivity contribution in [2.45, 2.75) is 19.8 Å². The van der Waals surface area contributed by atoms with Gasteiger partial charge in [-0.2, -0.15) is 5.10 Å². The second-order valence-corrected chi connectivity index (χ2v) is 5.78. The Bertz CT molecular complexity index is 927. The van der Waals surface area contributed by atoms with E-state index in [0.29, 0.717) is 17.7 Å². The zero-order valence-electron chi connectivity index (χ0n) is 14.1. The van der Waals surface area contributed by atoms with Crippen molar-refractivity contribution in [1.29, 1.82) is 0 Å². The number of nitrogens with one attached hydrogen (secondary N) is 1. The van der Waals surface area contributed by atoms with Crippen molar-refractivity contribution in [1.82, 2.24) is 5.43 Å². The number of carbonyl (C=O) groups excluding carboxylic acids is 1. The van der Waals surface area contributed by atoms with Crippen LogP contribution in [-0.2, 0) is 11.2 Å². The molecule has 0 atom stereocenters. The topological polar surface area (TPSA) is 61.7 Å². The van der Waals surface area contributed by atoms with Crippen molar-refractivity contribution in [2.75, 3.05) is 0 Å². The Morgan fingerprint density at radius 2 is 1.72 bits per heavy atom. The highest BCUT2D eigenvalue weighted by molar-refractivity contribution is 6.03. The molecule has 2 N–H and O–H groups in total. The molecule has 0 radical (unpaired) electrons. The maximum atomic E-state index is 12.3. The van der Waals surface area contributed by atoms with Crippen molar-refractivity contribution >= 4 is 22.4 Å². The molecule has 0 bridgehead atoms. The van der Waals surface area contributed by atoms with Gasteiger partial charge in [-0.15, -0.1) is 0 Å². The Kier molecular flexibility index (Phi) is 5.09. The van der Waals surface area contributed by atoms with Gasteiger partial charge in [0, 0.05) is 5.56 Å². The van der Waals surface area contributed by atoms with Crippen LogP contribution >= 0.6 is 0 Å². The van der Waals surface area contributed by atoms with Crippen LogP contribution in [0.1, 0.15) is 24.5 Å². The predicted molar refractivity (Wildman–Crippen MR) is 101 cm³/mol. The van der Waals surface area contributed by atoms with Gasteiger partial charge in [-0.25, -0.2) is 5.43 Å². The van der Waals surface area contributed by atoms with E-state index in [9.17, 15) is 9.90 Å². The molecule has 0 aliphatic heterocycles. The normalized spacial score (nSPS) is 11.5. The van der Waals surface area contributed by atoms with Crippen molar-refractivity contribution in [3.8, 4) is 5.75 Å².